The first kappa shape index (κ1) is 9.58. The van der Waals surface area contributed by atoms with Gasteiger partial charge in [0.1, 0.15) is 0 Å². The van der Waals surface area contributed by atoms with E-state index in [0.29, 0.717) is 0 Å². The molecule has 0 atom stereocenters. The predicted octanol–water partition coefficient (Wildman–Crippen LogP) is 1.86. The van der Waals surface area contributed by atoms with Crippen LogP contribution in [0.1, 0.15) is 5.56 Å². The quantitative estimate of drug-likeness (QED) is 0.744. The first-order chi connectivity index (χ1) is 7.29. The molecule has 0 aliphatic heterocycles. The Kier molecular flexibility index (Phi) is 2.58. The first-order valence-electron chi connectivity index (χ1n) is 4.60. The minimum atomic E-state index is 0.285. The molecule has 0 radical (unpaired) electrons. The summed E-state index contributed by atoms with van der Waals surface area (Å²) in [5, 5.41) is 7.53. The molecule has 4 nitrogen and oxygen atoms in total. The summed E-state index contributed by atoms with van der Waals surface area (Å²) in [5.41, 5.74) is 2.99. The molecule has 0 N–H and O–H groups in total. The van der Waals surface area contributed by atoms with Crippen molar-refractivity contribution in [3.8, 4) is 17.3 Å². The Hall–Kier alpha value is -1.97. The van der Waals surface area contributed by atoms with Crippen LogP contribution >= 0.6 is 0 Å². The van der Waals surface area contributed by atoms with Crippen LogP contribution in [-0.2, 0) is 0 Å². The van der Waals surface area contributed by atoms with E-state index in [2.05, 4.69) is 15.2 Å². The third-order valence-corrected chi connectivity index (χ3v) is 2.07. The highest BCUT2D eigenvalue weighted by Crippen LogP contribution is 2.17. The summed E-state index contributed by atoms with van der Waals surface area (Å²) >= 11 is 0. The molecule has 0 saturated carbocycles. The van der Waals surface area contributed by atoms with E-state index in [1.165, 1.54) is 12.7 Å². The molecule has 15 heavy (non-hydrogen) atoms. The lowest BCUT2D eigenvalue weighted by atomic mass is 10.1. The standard InChI is InChI=1S/C11H11N3O/c1-8-3-5-9(6-4-8)10-7-12-14-11(13-10)15-2/h3-7H,1-2H3. The summed E-state index contributed by atoms with van der Waals surface area (Å²) in [4.78, 5) is 4.20. The zero-order valence-corrected chi connectivity index (χ0v) is 8.64. The highest BCUT2D eigenvalue weighted by Gasteiger charge is 2.02. The third kappa shape index (κ3) is 2.10. The second kappa shape index (κ2) is 4.04. The molecule has 0 amide bonds. The van der Waals surface area contributed by atoms with Crippen molar-refractivity contribution in [2.24, 2.45) is 0 Å². The fourth-order valence-corrected chi connectivity index (χ4v) is 1.24. The van der Waals surface area contributed by atoms with Gasteiger partial charge in [0.25, 0.3) is 0 Å². The van der Waals surface area contributed by atoms with Crippen LogP contribution in [0, 0.1) is 6.92 Å². The molecule has 1 heterocycles. The van der Waals surface area contributed by atoms with Gasteiger partial charge < -0.3 is 4.74 Å². The summed E-state index contributed by atoms with van der Waals surface area (Å²) in [5.74, 6) is 0. The van der Waals surface area contributed by atoms with Gasteiger partial charge in [-0.25, -0.2) is 0 Å². The van der Waals surface area contributed by atoms with Gasteiger partial charge in [-0.15, -0.1) is 0 Å². The molecule has 0 unspecified atom stereocenters. The normalized spacial score (nSPS) is 10.0. The highest BCUT2D eigenvalue weighted by atomic mass is 16.5. The number of methoxy groups -OCH3 is 1. The molecule has 0 bridgehead atoms. The molecular formula is C11H11N3O. The van der Waals surface area contributed by atoms with Gasteiger partial charge in [-0.3, -0.25) is 0 Å². The van der Waals surface area contributed by atoms with Gasteiger partial charge in [-0.2, -0.15) is 10.1 Å². The molecular weight excluding hydrogens is 190 g/mol. The summed E-state index contributed by atoms with van der Waals surface area (Å²) in [6.07, 6.45) is 1.62. The van der Waals surface area contributed by atoms with E-state index in [0.717, 1.165) is 11.3 Å². The second-order valence-electron chi connectivity index (χ2n) is 3.19. The minimum Gasteiger partial charge on any atom is -0.466 e. The third-order valence-electron chi connectivity index (χ3n) is 2.07. The molecule has 76 valence electrons. The number of aryl methyl sites for hydroxylation is 1. The van der Waals surface area contributed by atoms with Gasteiger partial charge in [-0.05, 0) is 6.92 Å². The fraction of sp³-hybridized carbons (Fsp3) is 0.182. The molecule has 0 fully saturated rings. The number of benzene rings is 1. The Balaban J connectivity index is 2.40. The molecule has 0 spiro atoms. The maximum absolute atomic E-state index is 4.92. The smallest absolute Gasteiger partial charge is 0.335 e. The summed E-state index contributed by atoms with van der Waals surface area (Å²) in [6.45, 7) is 2.04. The zero-order valence-electron chi connectivity index (χ0n) is 8.64. The molecule has 0 aliphatic rings. The average Bonchev–Trinajstić information content (AvgIpc) is 2.30. The van der Waals surface area contributed by atoms with E-state index in [4.69, 9.17) is 4.74 Å². The molecule has 2 rings (SSSR count). The van der Waals surface area contributed by atoms with E-state index >= 15 is 0 Å². The van der Waals surface area contributed by atoms with Crippen LogP contribution in [0.5, 0.6) is 6.01 Å². The SMILES string of the molecule is COc1nncc(-c2ccc(C)cc2)n1. The molecule has 0 aliphatic carbocycles. The van der Waals surface area contributed by atoms with E-state index in [-0.39, 0.29) is 6.01 Å². The van der Waals surface area contributed by atoms with Crippen LogP contribution in [-0.4, -0.2) is 22.3 Å². The second-order valence-corrected chi connectivity index (χ2v) is 3.19. The van der Waals surface area contributed by atoms with E-state index < -0.39 is 0 Å². The largest absolute Gasteiger partial charge is 0.466 e. The average molecular weight is 201 g/mol. The predicted molar refractivity (Wildman–Crippen MR) is 56.6 cm³/mol. The summed E-state index contributed by atoms with van der Waals surface area (Å²) in [6, 6.07) is 8.35. The Bertz CT molecular complexity index is 454. The fourth-order valence-electron chi connectivity index (χ4n) is 1.24. The number of ether oxygens (including phenoxy) is 1. The minimum absolute atomic E-state index is 0.285. The van der Waals surface area contributed by atoms with Crippen molar-refractivity contribution in [2.45, 2.75) is 6.92 Å². The maximum atomic E-state index is 4.92. The van der Waals surface area contributed by atoms with E-state index in [9.17, 15) is 0 Å². The lowest BCUT2D eigenvalue weighted by Crippen LogP contribution is -1.95. The van der Waals surface area contributed by atoms with Crippen molar-refractivity contribution in [3.05, 3.63) is 36.0 Å². The number of rotatable bonds is 2. The summed E-state index contributed by atoms with van der Waals surface area (Å²) < 4.78 is 4.92. The topological polar surface area (TPSA) is 47.9 Å². The number of aromatic nitrogens is 3. The lowest BCUT2D eigenvalue weighted by molar-refractivity contribution is 0.374. The monoisotopic (exact) mass is 201 g/mol. The van der Waals surface area contributed by atoms with Crippen molar-refractivity contribution in [2.75, 3.05) is 7.11 Å². The van der Waals surface area contributed by atoms with Crippen LogP contribution in [0.2, 0.25) is 0 Å². The van der Waals surface area contributed by atoms with Crippen LogP contribution in [0.4, 0.5) is 0 Å². The summed E-state index contributed by atoms with van der Waals surface area (Å²) in [7, 11) is 1.52. The van der Waals surface area contributed by atoms with Crippen LogP contribution in [0.3, 0.4) is 0 Å². The Morgan fingerprint density at radius 3 is 2.53 bits per heavy atom. The van der Waals surface area contributed by atoms with Gasteiger partial charge in [0.05, 0.1) is 19.0 Å². The van der Waals surface area contributed by atoms with Gasteiger partial charge in [-0.1, -0.05) is 34.9 Å². The Labute approximate surface area is 88.0 Å². The molecule has 4 heteroatoms. The Morgan fingerprint density at radius 2 is 1.87 bits per heavy atom. The van der Waals surface area contributed by atoms with Crippen molar-refractivity contribution >= 4 is 0 Å². The molecule has 1 aromatic heterocycles. The lowest BCUT2D eigenvalue weighted by Gasteiger charge is -2.01. The molecule has 0 saturated heterocycles. The van der Waals surface area contributed by atoms with Gasteiger partial charge in [0.2, 0.25) is 0 Å². The van der Waals surface area contributed by atoms with Gasteiger partial charge in [0, 0.05) is 5.56 Å². The molecule has 1 aromatic carbocycles. The highest BCUT2D eigenvalue weighted by molar-refractivity contribution is 5.58. The van der Waals surface area contributed by atoms with Crippen LogP contribution in [0.25, 0.3) is 11.3 Å². The van der Waals surface area contributed by atoms with Crippen molar-refractivity contribution in [1.82, 2.24) is 15.2 Å². The van der Waals surface area contributed by atoms with Gasteiger partial charge >= 0.3 is 6.01 Å². The first-order valence-corrected chi connectivity index (χ1v) is 4.60. The van der Waals surface area contributed by atoms with Crippen LogP contribution < -0.4 is 4.74 Å². The molecule has 2 aromatic rings. The van der Waals surface area contributed by atoms with E-state index in [1.54, 1.807) is 6.20 Å². The number of hydrogen-bond acceptors (Lipinski definition) is 4. The van der Waals surface area contributed by atoms with Crippen molar-refractivity contribution in [1.29, 1.82) is 0 Å². The van der Waals surface area contributed by atoms with Gasteiger partial charge in [0.15, 0.2) is 0 Å². The number of nitrogens with zero attached hydrogens (tertiary/aromatic N) is 3. The number of hydrogen-bond donors (Lipinski definition) is 0. The van der Waals surface area contributed by atoms with E-state index in [1.807, 2.05) is 31.2 Å². The van der Waals surface area contributed by atoms with Crippen molar-refractivity contribution in [3.63, 3.8) is 0 Å². The maximum Gasteiger partial charge on any atom is 0.335 e. The Morgan fingerprint density at radius 1 is 1.13 bits per heavy atom. The van der Waals surface area contributed by atoms with Crippen molar-refractivity contribution < 1.29 is 4.74 Å². The van der Waals surface area contributed by atoms with Crippen LogP contribution in [0.15, 0.2) is 30.5 Å². The zero-order chi connectivity index (χ0) is 10.7.